The van der Waals surface area contributed by atoms with E-state index >= 15 is 0 Å². The van der Waals surface area contributed by atoms with Gasteiger partial charge in [-0.15, -0.1) is 0 Å². The molecule has 0 bridgehead atoms. The number of anilines is 1. The number of para-hydroxylation sites is 1. The topological polar surface area (TPSA) is 65.4 Å². The fourth-order valence-electron chi connectivity index (χ4n) is 2.48. The first-order valence-electron chi connectivity index (χ1n) is 8.43. The van der Waals surface area contributed by atoms with Crippen molar-refractivity contribution in [3.8, 4) is 11.5 Å². The van der Waals surface area contributed by atoms with Crippen LogP contribution >= 0.6 is 0 Å². The lowest BCUT2D eigenvalue weighted by Crippen LogP contribution is -2.31. The molecule has 1 heterocycles. The molecule has 0 radical (unpaired) electrons. The lowest BCUT2D eigenvalue weighted by molar-refractivity contribution is -0.122. The van der Waals surface area contributed by atoms with Crippen molar-refractivity contribution in [3.63, 3.8) is 0 Å². The summed E-state index contributed by atoms with van der Waals surface area (Å²) >= 11 is 0. The van der Waals surface area contributed by atoms with Crippen LogP contribution in [0.2, 0.25) is 0 Å². The highest BCUT2D eigenvalue weighted by Crippen LogP contribution is 2.18. The number of halogens is 1. The average molecular weight is 369 g/mol. The van der Waals surface area contributed by atoms with Crippen molar-refractivity contribution in [2.24, 2.45) is 0 Å². The number of methoxy groups -OCH3 is 1. The Bertz CT molecular complexity index is 909. The fraction of sp³-hybridized carbons (Fsp3) is 0.200. The largest absolute Gasteiger partial charge is 0.497 e. The normalized spacial score (nSPS) is 11.7. The van der Waals surface area contributed by atoms with Crippen LogP contribution in [0, 0.1) is 5.82 Å². The Balaban J connectivity index is 1.64. The van der Waals surface area contributed by atoms with E-state index in [1.54, 1.807) is 43.1 Å². The van der Waals surface area contributed by atoms with E-state index in [0.29, 0.717) is 12.4 Å². The third-order valence-electron chi connectivity index (χ3n) is 3.97. The highest BCUT2D eigenvalue weighted by Gasteiger charge is 2.18. The van der Waals surface area contributed by atoms with Gasteiger partial charge in [0.15, 0.2) is 17.7 Å². The summed E-state index contributed by atoms with van der Waals surface area (Å²) in [6.45, 7) is 2.04. The van der Waals surface area contributed by atoms with Gasteiger partial charge in [-0.2, -0.15) is 5.10 Å². The number of ether oxygens (including phenoxy) is 2. The third kappa shape index (κ3) is 4.63. The van der Waals surface area contributed by atoms with Gasteiger partial charge in [-0.1, -0.05) is 24.3 Å². The minimum Gasteiger partial charge on any atom is -0.497 e. The van der Waals surface area contributed by atoms with E-state index in [0.717, 1.165) is 11.3 Å². The van der Waals surface area contributed by atoms with Crippen LogP contribution in [0.3, 0.4) is 0 Å². The van der Waals surface area contributed by atoms with Crippen LogP contribution in [0.4, 0.5) is 10.2 Å². The van der Waals surface area contributed by atoms with E-state index in [-0.39, 0.29) is 5.75 Å². The molecule has 1 atom stereocenters. The summed E-state index contributed by atoms with van der Waals surface area (Å²) in [5.74, 6) is 0.426. The van der Waals surface area contributed by atoms with Gasteiger partial charge in [-0.3, -0.25) is 4.79 Å². The second-order valence-electron chi connectivity index (χ2n) is 5.90. The highest BCUT2D eigenvalue weighted by atomic mass is 19.1. The summed E-state index contributed by atoms with van der Waals surface area (Å²) in [5.41, 5.74) is 1.01. The Kier molecular flexibility index (Phi) is 5.71. The van der Waals surface area contributed by atoms with E-state index in [4.69, 9.17) is 9.47 Å². The van der Waals surface area contributed by atoms with Gasteiger partial charge in [0.25, 0.3) is 5.91 Å². The zero-order chi connectivity index (χ0) is 19.2. The van der Waals surface area contributed by atoms with Gasteiger partial charge in [0.05, 0.1) is 19.9 Å². The molecule has 1 aromatic heterocycles. The molecule has 1 amide bonds. The molecular formula is C20H20FN3O3. The number of hydrogen-bond donors (Lipinski definition) is 1. The lowest BCUT2D eigenvalue weighted by Gasteiger charge is -2.16. The van der Waals surface area contributed by atoms with Gasteiger partial charge in [0.2, 0.25) is 0 Å². The van der Waals surface area contributed by atoms with Crippen LogP contribution in [-0.2, 0) is 11.3 Å². The smallest absolute Gasteiger partial charge is 0.266 e. The van der Waals surface area contributed by atoms with Gasteiger partial charge in [0.1, 0.15) is 11.6 Å². The van der Waals surface area contributed by atoms with Gasteiger partial charge >= 0.3 is 0 Å². The van der Waals surface area contributed by atoms with Crippen molar-refractivity contribution in [3.05, 3.63) is 72.2 Å². The molecule has 7 heteroatoms. The maximum Gasteiger partial charge on any atom is 0.266 e. The molecule has 3 aromatic rings. The molecule has 1 unspecified atom stereocenters. The number of carbonyl (C=O) groups excluding carboxylic acids is 1. The van der Waals surface area contributed by atoms with Gasteiger partial charge in [-0.25, -0.2) is 9.07 Å². The van der Waals surface area contributed by atoms with Gasteiger partial charge < -0.3 is 14.8 Å². The van der Waals surface area contributed by atoms with Crippen molar-refractivity contribution in [1.82, 2.24) is 9.78 Å². The molecule has 0 saturated heterocycles. The molecule has 27 heavy (non-hydrogen) atoms. The monoisotopic (exact) mass is 369 g/mol. The van der Waals surface area contributed by atoms with Crippen molar-refractivity contribution < 1.29 is 18.7 Å². The zero-order valence-electron chi connectivity index (χ0n) is 15.1. The summed E-state index contributed by atoms with van der Waals surface area (Å²) in [6.07, 6.45) is 0.730. The predicted molar refractivity (Wildman–Crippen MR) is 99.4 cm³/mol. The van der Waals surface area contributed by atoms with E-state index in [1.165, 1.54) is 12.1 Å². The Morgan fingerprint density at radius 1 is 1.19 bits per heavy atom. The quantitative estimate of drug-likeness (QED) is 0.692. The second-order valence-corrected chi connectivity index (χ2v) is 5.90. The van der Waals surface area contributed by atoms with Crippen LogP contribution in [0.1, 0.15) is 12.5 Å². The Morgan fingerprint density at radius 2 is 1.93 bits per heavy atom. The van der Waals surface area contributed by atoms with Gasteiger partial charge in [0, 0.05) is 6.07 Å². The fourth-order valence-corrected chi connectivity index (χ4v) is 2.48. The summed E-state index contributed by atoms with van der Waals surface area (Å²) < 4.78 is 25.9. The molecule has 0 saturated carbocycles. The molecular weight excluding hydrogens is 349 g/mol. The molecule has 1 N–H and O–H groups in total. The third-order valence-corrected chi connectivity index (χ3v) is 3.97. The molecule has 0 aliphatic heterocycles. The Hall–Kier alpha value is -3.35. The molecule has 0 spiro atoms. The van der Waals surface area contributed by atoms with Crippen LogP contribution in [0.5, 0.6) is 11.5 Å². The number of hydrogen-bond acceptors (Lipinski definition) is 4. The summed E-state index contributed by atoms with van der Waals surface area (Å²) in [4.78, 5) is 12.4. The first-order chi connectivity index (χ1) is 13.1. The standard InChI is InChI=1S/C20H20FN3O3/c1-14(27-18-6-4-3-5-17(18)21)20(25)23-19-11-12-22-24(19)13-15-7-9-16(26-2)10-8-15/h3-12,14H,13H2,1-2H3,(H,23,25). The number of benzene rings is 2. The first kappa shape index (κ1) is 18.4. The number of aromatic nitrogens is 2. The minimum absolute atomic E-state index is 0.0342. The SMILES string of the molecule is COc1ccc(Cn2nccc2NC(=O)C(C)Oc2ccccc2F)cc1. The minimum atomic E-state index is -0.869. The molecule has 140 valence electrons. The van der Waals surface area contributed by atoms with E-state index in [2.05, 4.69) is 10.4 Å². The number of nitrogens with one attached hydrogen (secondary N) is 1. The summed E-state index contributed by atoms with van der Waals surface area (Å²) in [6, 6.07) is 15.2. The number of carbonyl (C=O) groups is 1. The first-order valence-corrected chi connectivity index (χ1v) is 8.43. The zero-order valence-corrected chi connectivity index (χ0v) is 15.1. The predicted octanol–water partition coefficient (Wildman–Crippen LogP) is 3.49. The summed E-state index contributed by atoms with van der Waals surface area (Å²) in [7, 11) is 1.61. The Labute approximate surface area is 156 Å². The lowest BCUT2D eigenvalue weighted by atomic mass is 10.2. The molecule has 3 rings (SSSR count). The van der Waals surface area contributed by atoms with E-state index in [1.807, 2.05) is 24.3 Å². The second kappa shape index (κ2) is 8.35. The van der Waals surface area contributed by atoms with E-state index < -0.39 is 17.8 Å². The Morgan fingerprint density at radius 3 is 2.63 bits per heavy atom. The van der Waals surface area contributed by atoms with Gasteiger partial charge in [-0.05, 0) is 36.8 Å². The van der Waals surface area contributed by atoms with Crippen LogP contribution in [0.25, 0.3) is 0 Å². The van der Waals surface area contributed by atoms with Crippen LogP contribution < -0.4 is 14.8 Å². The maximum atomic E-state index is 13.7. The number of nitrogens with zero attached hydrogens (tertiary/aromatic N) is 2. The van der Waals surface area contributed by atoms with E-state index in [9.17, 15) is 9.18 Å². The highest BCUT2D eigenvalue weighted by molar-refractivity contribution is 5.93. The molecule has 0 fully saturated rings. The number of amides is 1. The molecule has 2 aromatic carbocycles. The number of rotatable bonds is 7. The van der Waals surface area contributed by atoms with Crippen molar-refractivity contribution >= 4 is 11.7 Å². The van der Waals surface area contributed by atoms with Crippen LogP contribution in [0.15, 0.2) is 60.8 Å². The molecule has 0 aliphatic carbocycles. The molecule has 6 nitrogen and oxygen atoms in total. The van der Waals surface area contributed by atoms with Crippen molar-refractivity contribution in [1.29, 1.82) is 0 Å². The average Bonchev–Trinajstić information content (AvgIpc) is 3.10. The molecule has 0 aliphatic rings. The summed E-state index contributed by atoms with van der Waals surface area (Å²) in [5, 5.41) is 7.00. The van der Waals surface area contributed by atoms with Crippen molar-refractivity contribution in [2.45, 2.75) is 19.6 Å². The maximum absolute atomic E-state index is 13.7. The van der Waals surface area contributed by atoms with Crippen LogP contribution in [-0.4, -0.2) is 28.9 Å². The van der Waals surface area contributed by atoms with Crippen molar-refractivity contribution in [2.75, 3.05) is 12.4 Å².